The number of carbonyl (C=O) groups excluding carboxylic acids is 2. The minimum atomic E-state index is -0.348. The Bertz CT molecular complexity index is 422. The average Bonchev–Trinajstić information content (AvgIpc) is 2.41. The first-order valence-electron chi connectivity index (χ1n) is 5.77. The zero-order valence-corrected chi connectivity index (χ0v) is 11.5. The molecule has 0 aliphatic carbocycles. The Hall–Kier alpha value is -1.56. The van der Waals surface area contributed by atoms with E-state index in [-0.39, 0.29) is 30.7 Å². The summed E-state index contributed by atoms with van der Waals surface area (Å²) in [4.78, 5) is 22.2. The molecule has 1 rings (SSSR count). The molecule has 0 saturated carbocycles. The van der Waals surface area contributed by atoms with Crippen LogP contribution >= 0.6 is 11.8 Å². The van der Waals surface area contributed by atoms with Crippen LogP contribution in [0.25, 0.3) is 0 Å². The first kappa shape index (κ1) is 15.5. The van der Waals surface area contributed by atoms with Gasteiger partial charge in [0.1, 0.15) is 5.82 Å². The van der Waals surface area contributed by atoms with Gasteiger partial charge in [0, 0.05) is 12.3 Å². The molecule has 0 radical (unpaired) electrons. The molecule has 0 aromatic heterocycles. The lowest BCUT2D eigenvalue weighted by molar-refractivity contribution is -0.140. The van der Waals surface area contributed by atoms with E-state index >= 15 is 0 Å². The van der Waals surface area contributed by atoms with E-state index in [1.807, 2.05) is 0 Å². The zero-order chi connectivity index (χ0) is 14.1. The van der Waals surface area contributed by atoms with E-state index in [0.717, 1.165) is 5.56 Å². The van der Waals surface area contributed by atoms with Crippen LogP contribution in [0.4, 0.5) is 4.39 Å². The van der Waals surface area contributed by atoms with Crippen molar-refractivity contribution >= 4 is 23.6 Å². The van der Waals surface area contributed by atoms with E-state index in [1.165, 1.54) is 31.0 Å². The summed E-state index contributed by atoms with van der Waals surface area (Å²) in [5.74, 6) is 0.202. The van der Waals surface area contributed by atoms with Gasteiger partial charge in [0.25, 0.3) is 0 Å². The molecule has 0 saturated heterocycles. The Morgan fingerprint density at radius 2 is 2.00 bits per heavy atom. The number of carbonyl (C=O) groups is 2. The van der Waals surface area contributed by atoms with Crippen molar-refractivity contribution in [2.24, 2.45) is 0 Å². The second-order valence-electron chi connectivity index (χ2n) is 3.80. The second kappa shape index (κ2) is 8.53. The number of methoxy groups -OCH3 is 1. The third kappa shape index (κ3) is 6.81. The Morgan fingerprint density at radius 1 is 1.32 bits per heavy atom. The van der Waals surface area contributed by atoms with Gasteiger partial charge in [-0.1, -0.05) is 12.1 Å². The van der Waals surface area contributed by atoms with Crippen molar-refractivity contribution in [2.75, 3.05) is 19.4 Å². The third-order valence-electron chi connectivity index (χ3n) is 2.29. The van der Waals surface area contributed by atoms with Gasteiger partial charge in [0.15, 0.2) is 0 Å². The van der Waals surface area contributed by atoms with E-state index in [9.17, 15) is 14.0 Å². The molecular formula is C13H16FNO3S. The number of esters is 1. The molecule has 1 aromatic rings. The maximum atomic E-state index is 12.7. The van der Waals surface area contributed by atoms with Gasteiger partial charge >= 0.3 is 5.97 Å². The number of hydrogen-bond acceptors (Lipinski definition) is 4. The number of nitrogens with one attached hydrogen (secondary N) is 1. The number of amides is 1. The molecule has 0 aliphatic rings. The second-order valence-corrected chi connectivity index (χ2v) is 4.78. The summed E-state index contributed by atoms with van der Waals surface area (Å²) < 4.78 is 17.1. The van der Waals surface area contributed by atoms with Crippen molar-refractivity contribution in [1.29, 1.82) is 0 Å². The van der Waals surface area contributed by atoms with Crippen molar-refractivity contribution in [3.05, 3.63) is 35.6 Å². The highest BCUT2D eigenvalue weighted by Gasteiger charge is 2.04. The number of benzene rings is 1. The topological polar surface area (TPSA) is 55.4 Å². The van der Waals surface area contributed by atoms with Crippen molar-refractivity contribution in [1.82, 2.24) is 5.32 Å². The molecule has 1 amide bonds. The number of thioether (sulfide) groups is 1. The quantitative estimate of drug-likeness (QED) is 0.775. The SMILES string of the molecule is COC(=O)CCNC(=O)CSCc1ccc(F)cc1. The molecule has 0 atom stereocenters. The summed E-state index contributed by atoms with van der Waals surface area (Å²) in [6.45, 7) is 0.280. The van der Waals surface area contributed by atoms with Gasteiger partial charge in [-0.2, -0.15) is 0 Å². The molecule has 1 N–H and O–H groups in total. The van der Waals surface area contributed by atoms with Gasteiger partial charge < -0.3 is 10.1 Å². The molecule has 1 aromatic carbocycles. The third-order valence-corrected chi connectivity index (χ3v) is 3.30. The number of rotatable bonds is 7. The Balaban J connectivity index is 2.13. The van der Waals surface area contributed by atoms with Crippen LogP contribution in [0, 0.1) is 5.82 Å². The van der Waals surface area contributed by atoms with E-state index in [1.54, 1.807) is 12.1 Å². The van der Waals surface area contributed by atoms with Crippen LogP contribution in [0.15, 0.2) is 24.3 Å². The van der Waals surface area contributed by atoms with Gasteiger partial charge in [0.2, 0.25) is 5.91 Å². The first-order chi connectivity index (χ1) is 9.11. The van der Waals surface area contributed by atoms with Crippen molar-refractivity contribution < 1.29 is 18.7 Å². The fourth-order valence-corrected chi connectivity index (χ4v) is 2.12. The standard InChI is InChI=1S/C13H16FNO3S/c1-18-13(17)6-7-15-12(16)9-19-8-10-2-4-11(14)5-3-10/h2-5H,6-9H2,1H3,(H,15,16). The first-order valence-corrected chi connectivity index (χ1v) is 6.93. The van der Waals surface area contributed by atoms with Crippen LogP contribution < -0.4 is 5.32 Å². The fraction of sp³-hybridized carbons (Fsp3) is 0.385. The predicted octanol–water partition coefficient (Wildman–Crippen LogP) is 1.74. The molecule has 19 heavy (non-hydrogen) atoms. The summed E-state index contributed by atoms with van der Waals surface area (Å²) in [7, 11) is 1.31. The van der Waals surface area contributed by atoms with Gasteiger partial charge in [-0.05, 0) is 17.7 Å². The predicted molar refractivity (Wildman–Crippen MR) is 72.2 cm³/mol. The van der Waals surface area contributed by atoms with Gasteiger partial charge in [-0.15, -0.1) is 11.8 Å². The lowest BCUT2D eigenvalue weighted by Crippen LogP contribution is -2.27. The van der Waals surface area contributed by atoms with Crippen molar-refractivity contribution in [2.45, 2.75) is 12.2 Å². The summed E-state index contributed by atoms with van der Waals surface area (Å²) in [6.07, 6.45) is 0.171. The maximum Gasteiger partial charge on any atom is 0.307 e. The molecule has 0 fully saturated rings. The van der Waals surface area contributed by atoms with Crippen LogP contribution in [-0.2, 0) is 20.1 Å². The fourth-order valence-electron chi connectivity index (χ4n) is 1.30. The largest absolute Gasteiger partial charge is 0.469 e. The Kier molecular flexibility index (Phi) is 6.95. The molecule has 0 aliphatic heterocycles. The number of ether oxygens (including phenoxy) is 1. The average molecular weight is 285 g/mol. The Morgan fingerprint density at radius 3 is 2.63 bits per heavy atom. The summed E-state index contributed by atoms with van der Waals surface area (Å²) in [5.41, 5.74) is 0.966. The summed E-state index contributed by atoms with van der Waals surface area (Å²) in [6, 6.07) is 6.17. The van der Waals surface area contributed by atoms with E-state index < -0.39 is 0 Å². The highest BCUT2D eigenvalue weighted by molar-refractivity contribution is 7.99. The molecular weight excluding hydrogens is 269 g/mol. The smallest absolute Gasteiger partial charge is 0.307 e. The minimum Gasteiger partial charge on any atom is -0.469 e. The maximum absolute atomic E-state index is 12.7. The highest BCUT2D eigenvalue weighted by atomic mass is 32.2. The van der Waals surface area contributed by atoms with Gasteiger partial charge in [0.05, 0.1) is 19.3 Å². The molecule has 104 valence electrons. The van der Waals surface area contributed by atoms with Crippen LogP contribution in [-0.4, -0.2) is 31.3 Å². The van der Waals surface area contributed by atoms with E-state index in [2.05, 4.69) is 10.1 Å². The molecule has 6 heteroatoms. The molecule has 0 bridgehead atoms. The molecule has 0 spiro atoms. The van der Waals surface area contributed by atoms with Crippen molar-refractivity contribution in [3.63, 3.8) is 0 Å². The minimum absolute atomic E-state index is 0.129. The summed E-state index contributed by atoms with van der Waals surface area (Å²) in [5, 5.41) is 2.62. The monoisotopic (exact) mass is 285 g/mol. The van der Waals surface area contributed by atoms with Crippen LogP contribution in [0.3, 0.4) is 0 Å². The zero-order valence-electron chi connectivity index (χ0n) is 10.6. The summed E-state index contributed by atoms with van der Waals surface area (Å²) >= 11 is 1.43. The normalized spacial score (nSPS) is 10.0. The number of hydrogen-bond donors (Lipinski definition) is 1. The molecule has 0 heterocycles. The molecule has 0 unspecified atom stereocenters. The number of halogens is 1. The lowest BCUT2D eigenvalue weighted by Gasteiger charge is -2.04. The van der Waals surface area contributed by atoms with Crippen LogP contribution in [0.5, 0.6) is 0 Å². The lowest BCUT2D eigenvalue weighted by atomic mass is 10.2. The van der Waals surface area contributed by atoms with Crippen molar-refractivity contribution in [3.8, 4) is 0 Å². The van der Waals surface area contributed by atoms with E-state index in [0.29, 0.717) is 11.5 Å². The van der Waals surface area contributed by atoms with Gasteiger partial charge in [-0.25, -0.2) is 4.39 Å². The van der Waals surface area contributed by atoms with Crippen LogP contribution in [0.2, 0.25) is 0 Å². The van der Waals surface area contributed by atoms with Crippen LogP contribution in [0.1, 0.15) is 12.0 Å². The molecule has 4 nitrogen and oxygen atoms in total. The van der Waals surface area contributed by atoms with Gasteiger partial charge in [-0.3, -0.25) is 9.59 Å². The van der Waals surface area contributed by atoms with E-state index in [4.69, 9.17) is 0 Å². The highest BCUT2D eigenvalue weighted by Crippen LogP contribution is 2.12. The Labute approximate surface area is 115 Å².